The molecule has 1 aromatic rings. The number of amides is 1. The van der Waals surface area contributed by atoms with E-state index in [2.05, 4.69) is 5.32 Å². The van der Waals surface area contributed by atoms with Crippen LogP contribution in [0.2, 0.25) is 0 Å². The maximum Gasteiger partial charge on any atom is 0.407 e. The van der Waals surface area contributed by atoms with Crippen LogP contribution in [0.15, 0.2) is 29.2 Å². The van der Waals surface area contributed by atoms with Gasteiger partial charge in [0.05, 0.1) is 18.0 Å². The maximum atomic E-state index is 12.5. The van der Waals surface area contributed by atoms with Gasteiger partial charge in [-0.2, -0.15) is 8.42 Å². The minimum absolute atomic E-state index is 0.0425. The van der Waals surface area contributed by atoms with Crippen LogP contribution in [0.5, 0.6) is 0 Å². The van der Waals surface area contributed by atoms with Gasteiger partial charge in [-0.3, -0.25) is 4.18 Å². The largest absolute Gasteiger partial charge is 0.444 e. The van der Waals surface area contributed by atoms with Gasteiger partial charge in [0.15, 0.2) is 0 Å². The molecule has 0 aliphatic carbocycles. The molecular formula is C19H31NO6S. The second-order valence-electron chi connectivity index (χ2n) is 7.30. The number of hydrogen-bond acceptors (Lipinski definition) is 6. The standard InChI is InChI=1S/C19H31NO6S/c1-6-7-12-24-14-16(13-20-18(21)25-19(3,4)5)26-27(22,23)17-10-8-15(2)9-11-17/h8-11,16H,6-7,12-14H2,1-5H3,(H,20,21). The molecule has 0 aliphatic rings. The summed E-state index contributed by atoms with van der Waals surface area (Å²) in [5.74, 6) is 0. The number of carbonyl (C=O) groups is 1. The summed E-state index contributed by atoms with van der Waals surface area (Å²) in [6.07, 6.45) is 0.318. The number of hydrogen-bond donors (Lipinski definition) is 1. The highest BCUT2D eigenvalue weighted by molar-refractivity contribution is 7.86. The predicted molar refractivity (Wildman–Crippen MR) is 103 cm³/mol. The van der Waals surface area contributed by atoms with Crippen LogP contribution < -0.4 is 5.32 Å². The number of carbonyl (C=O) groups excluding carboxylic acids is 1. The van der Waals surface area contributed by atoms with Crippen LogP contribution in [-0.2, 0) is 23.8 Å². The lowest BCUT2D eigenvalue weighted by molar-refractivity contribution is 0.0370. The van der Waals surface area contributed by atoms with E-state index in [1.165, 1.54) is 12.1 Å². The van der Waals surface area contributed by atoms with Crippen LogP contribution in [0.4, 0.5) is 4.79 Å². The third-order valence-corrected chi connectivity index (χ3v) is 4.77. The summed E-state index contributed by atoms with van der Waals surface area (Å²) in [5, 5.41) is 2.53. The van der Waals surface area contributed by atoms with Gasteiger partial charge in [-0.05, 0) is 46.2 Å². The van der Waals surface area contributed by atoms with Crippen LogP contribution >= 0.6 is 0 Å². The zero-order valence-electron chi connectivity index (χ0n) is 16.8. The van der Waals surface area contributed by atoms with Crippen molar-refractivity contribution in [1.82, 2.24) is 5.32 Å². The van der Waals surface area contributed by atoms with E-state index in [0.717, 1.165) is 18.4 Å². The van der Waals surface area contributed by atoms with E-state index in [-0.39, 0.29) is 18.0 Å². The Balaban J connectivity index is 2.74. The predicted octanol–water partition coefficient (Wildman–Crippen LogP) is 3.41. The van der Waals surface area contributed by atoms with Gasteiger partial charge in [0, 0.05) is 6.61 Å². The first-order chi connectivity index (χ1) is 12.5. The molecule has 0 aliphatic heterocycles. The van der Waals surface area contributed by atoms with Crippen molar-refractivity contribution >= 4 is 16.2 Å². The van der Waals surface area contributed by atoms with Crippen molar-refractivity contribution in [1.29, 1.82) is 0 Å². The fourth-order valence-corrected chi connectivity index (χ4v) is 3.10. The van der Waals surface area contributed by atoms with E-state index >= 15 is 0 Å². The van der Waals surface area contributed by atoms with Crippen molar-refractivity contribution in [3.05, 3.63) is 29.8 Å². The third kappa shape index (κ3) is 9.74. The molecule has 1 N–H and O–H groups in total. The minimum Gasteiger partial charge on any atom is -0.444 e. The molecule has 7 nitrogen and oxygen atoms in total. The molecule has 0 saturated heterocycles. The van der Waals surface area contributed by atoms with Crippen molar-refractivity contribution in [3.63, 3.8) is 0 Å². The van der Waals surface area contributed by atoms with Crippen molar-refractivity contribution in [2.75, 3.05) is 19.8 Å². The molecule has 1 atom stereocenters. The van der Waals surface area contributed by atoms with Crippen LogP contribution in [0.3, 0.4) is 0 Å². The fourth-order valence-electron chi connectivity index (χ4n) is 2.03. The Labute approximate surface area is 162 Å². The molecule has 1 unspecified atom stereocenters. The summed E-state index contributed by atoms with van der Waals surface area (Å²) in [7, 11) is -3.97. The van der Waals surface area contributed by atoms with E-state index < -0.39 is 27.9 Å². The van der Waals surface area contributed by atoms with Gasteiger partial charge >= 0.3 is 6.09 Å². The Morgan fingerprint density at radius 1 is 1.19 bits per heavy atom. The van der Waals surface area contributed by atoms with Gasteiger partial charge in [-0.25, -0.2) is 4.79 Å². The topological polar surface area (TPSA) is 90.9 Å². The Morgan fingerprint density at radius 2 is 1.81 bits per heavy atom. The molecule has 8 heteroatoms. The summed E-state index contributed by atoms with van der Waals surface area (Å²) >= 11 is 0. The lowest BCUT2D eigenvalue weighted by Crippen LogP contribution is -2.40. The first-order valence-electron chi connectivity index (χ1n) is 9.08. The summed E-state index contributed by atoms with van der Waals surface area (Å²) in [5.41, 5.74) is 0.298. The molecule has 0 aromatic heterocycles. The summed E-state index contributed by atoms with van der Waals surface area (Å²) in [4.78, 5) is 11.9. The average Bonchev–Trinajstić information content (AvgIpc) is 2.55. The van der Waals surface area contributed by atoms with Gasteiger partial charge < -0.3 is 14.8 Å². The lowest BCUT2D eigenvalue weighted by atomic mass is 10.2. The van der Waals surface area contributed by atoms with E-state index in [1.54, 1.807) is 32.9 Å². The molecule has 27 heavy (non-hydrogen) atoms. The fraction of sp³-hybridized carbons (Fsp3) is 0.632. The Morgan fingerprint density at radius 3 is 2.37 bits per heavy atom. The molecule has 0 saturated carbocycles. The zero-order valence-corrected chi connectivity index (χ0v) is 17.6. The SMILES string of the molecule is CCCCOCC(CNC(=O)OC(C)(C)C)OS(=O)(=O)c1ccc(C)cc1. The van der Waals surface area contributed by atoms with E-state index in [9.17, 15) is 13.2 Å². The molecule has 0 heterocycles. The second kappa shape index (κ2) is 10.6. The number of nitrogens with one attached hydrogen (secondary N) is 1. The van der Waals surface area contributed by atoms with Gasteiger partial charge in [0.1, 0.15) is 11.7 Å². The summed E-state index contributed by atoms with van der Waals surface area (Å²) in [6, 6.07) is 6.37. The zero-order chi connectivity index (χ0) is 20.5. The molecule has 1 aromatic carbocycles. The summed E-state index contributed by atoms with van der Waals surface area (Å²) < 4.78 is 40.9. The normalized spacial score (nSPS) is 13.2. The maximum absolute atomic E-state index is 12.5. The number of aryl methyl sites for hydroxylation is 1. The third-order valence-electron chi connectivity index (χ3n) is 3.39. The van der Waals surface area contributed by atoms with Gasteiger partial charge in [-0.15, -0.1) is 0 Å². The van der Waals surface area contributed by atoms with Gasteiger partial charge in [-0.1, -0.05) is 31.0 Å². The highest BCUT2D eigenvalue weighted by Crippen LogP contribution is 2.15. The van der Waals surface area contributed by atoms with Crippen LogP contribution in [-0.4, -0.2) is 46.0 Å². The number of ether oxygens (including phenoxy) is 2. The second-order valence-corrected chi connectivity index (χ2v) is 8.87. The molecule has 1 amide bonds. The number of alkyl carbamates (subject to hydrolysis) is 1. The Hall–Kier alpha value is -1.64. The quantitative estimate of drug-likeness (QED) is 0.477. The lowest BCUT2D eigenvalue weighted by Gasteiger charge is -2.22. The Bertz CT molecular complexity index is 679. The number of rotatable bonds is 10. The molecule has 0 radical (unpaired) electrons. The Kier molecular flexibility index (Phi) is 9.21. The van der Waals surface area contributed by atoms with Crippen LogP contribution in [0, 0.1) is 6.92 Å². The molecule has 0 bridgehead atoms. The molecular weight excluding hydrogens is 370 g/mol. The first-order valence-corrected chi connectivity index (χ1v) is 10.5. The van der Waals surface area contributed by atoms with Crippen molar-refractivity contribution in [3.8, 4) is 0 Å². The highest BCUT2D eigenvalue weighted by atomic mass is 32.2. The smallest absolute Gasteiger partial charge is 0.407 e. The minimum atomic E-state index is -3.97. The average molecular weight is 402 g/mol. The van der Waals surface area contributed by atoms with Crippen molar-refractivity contribution in [2.24, 2.45) is 0 Å². The van der Waals surface area contributed by atoms with Crippen molar-refractivity contribution < 1.29 is 26.9 Å². The van der Waals surface area contributed by atoms with Crippen LogP contribution in [0.25, 0.3) is 0 Å². The molecule has 1 rings (SSSR count). The monoisotopic (exact) mass is 401 g/mol. The summed E-state index contributed by atoms with van der Waals surface area (Å²) in [6.45, 7) is 9.62. The van der Waals surface area contributed by atoms with Crippen LogP contribution in [0.1, 0.15) is 46.1 Å². The first kappa shape index (κ1) is 23.4. The van der Waals surface area contributed by atoms with Crippen molar-refractivity contribution in [2.45, 2.75) is 64.1 Å². The number of unbranched alkanes of at least 4 members (excludes halogenated alkanes) is 1. The van der Waals surface area contributed by atoms with E-state index in [0.29, 0.717) is 6.61 Å². The molecule has 0 fully saturated rings. The van der Waals surface area contributed by atoms with Gasteiger partial charge in [0.25, 0.3) is 10.1 Å². The number of benzene rings is 1. The highest BCUT2D eigenvalue weighted by Gasteiger charge is 2.24. The molecule has 154 valence electrons. The van der Waals surface area contributed by atoms with Gasteiger partial charge in [0.2, 0.25) is 0 Å². The van der Waals surface area contributed by atoms with E-state index in [1.807, 2.05) is 13.8 Å². The molecule has 0 spiro atoms. The van der Waals surface area contributed by atoms with E-state index in [4.69, 9.17) is 13.7 Å².